The number of rotatable bonds is 3. The van der Waals surface area contributed by atoms with E-state index in [9.17, 15) is 9.90 Å². The molecule has 0 radical (unpaired) electrons. The molecule has 1 N–H and O–H groups in total. The number of nitrogens with zero attached hydrogens (tertiary/aromatic N) is 1. The van der Waals surface area contributed by atoms with Gasteiger partial charge in [0.15, 0.2) is 0 Å². The van der Waals surface area contributed by atoms with Gasteiger partial charge in [-0.3, -0.25) is 0 Å². The SMILES string of the molecule is Cc1ccc(C)n1C(C(=O)O)C1CCC1. The van der Waals surface area contributed by atoms with Crippen LogP contribution in [0.4, 0.5) is 0 Å². The third kappa shape index (κ3) is 1.66. The van der Waals surface area contributed by atoms with Crippen LogP contribution in [0.5, 0.6) is 0 Å². The second-order valence-electron chi connectivity index (χ2n) is 4.46. The third-order valence-electron chi connectivity index (χ3n) is 3.45. The van der Waals surface area contributed by atoms with Crippen molar-refractivity contribution < 1.29 is 9.90 Å². The molecule has 1 atom stereocenters. The van der Waals surface area contributed by atoms with Crippen molar-refractivity contribution in [2.75, 3.05) is 0 Å². The van der Waals surface area contributed by atoms with Crippen molar-refractivity contribution in [1.82, 2.24) is 4.57 Å². The zero-order chi connectivity index (χ0) is 11.0. The number of aliphatic carboxylic acids is 1. The van der Waals surface area contributed by atoms with E-state index in [1.165, 1.54) is 6.42 Å². The molecule has 15 heavy (non-hydrogen) atoms. The van der Waals surface area contributed by atoms with Crippen molar-refractivity contribution in [1.29, 1.82) is 0 Å². The van der Waals surface area contributed by atoms with E-state index in [2.05, 4.69) is 0 Å². The van der Waals surface area contributed by atoms with Crippen LogP contribution in [0.25, 0.3) is 0 Å². The van der Waals surface area contributed by atoms with Crippen LogP contribution in [0.15, 0.2) is 12.1 Å². The molecule has 1 aliphatic carbocycles. The van der Waals surface area contributed by atoms with Gasteiger partial charge in [-0.25, -0.2) is 4.79 Å². The zero-order valence-corrected chi connectivity index (χ0v) is 9.23. The zero-order valence-electron chi connectivity index (χ0n) is 9.23. The first-order valence-electron chi connectivity index (χ1n) is 5.48. The first kappa shape index (κ1) is 10.3. The van der Waals surface area contributed by atoms with Crippen molar-refractivity contribution in [3.63, 3.8) is 0 Å². The average molecular weight is 207 g/mol. The van der Waals surface area contributed by atoms with Crippen LogP contribution in [0.3, 0.4) is 0 Å². The highest BCUT2D eigenvalue weighted by molar-refractivity contribution is 5.72. The highest BCUT2D eigenvalue weighted by Crippen LogP contribution is 2.37. The summed E-state index contributed by atoms with van der Waals surface area (Å²) in [6.45, 7) is 3.95. The molecule has 0 amide bonds. The van der Waals surface area contributed by atoms with E-state index in [0.717, 1.165) is 24.2 Å². The van der Waals surface area contributed by atoms with Gasteiger partial charge in [0.1, 0.15) is 6.04 Å². The first-order valence-corrected chi connectivity index (χ1v) is 5.48. The largest absolute Gasteiger partial charge is 0.480 e. The second kappa shape index (κ2) is 3.72. The molecule has 1 aliphatic rings. The maximum atomic E-state index is 11.3. The molecule has 3 heteroatoms. The number of aryl methyl sites for hydroxylation is 2. The van der Waals surface area contributed by atoms with Gasteiger partial charge in [0.05, 0.1) is 0 Å². The molecule has 0 saturated heterocycles. The van der Waals surface area contributed by atoms with Crippen LogP contribution in [0, 0.1) is 19.8 Å². The fraction of sp³-hybridized carbons (Fsp3) is 0.583. The minimum atomic E-state index is -0.692. The summed E-state index contributed by atoms with van der Waals surface area (Å²) in [5.41, 5.74) is 2.10. The molecule has 1 aromatic heterocycles. The van der Waals surface area contributed by atoms with Crippen molar-refractivity contribution in [2.24, 2.45) is 5.92 Å². The van der Waals surface area contributed by atoms with Crippen LogP contribution in [0.1, 0.15) is 36.7 Å². The van der Waals surface area contributed by atoms with Crippen LogP contribution in [-0.2, 0) is 4.79 Å². The van der Waals surface area contributed by atoms with Gasteiger partial charge in [-0.05, 0) is 44.7 Å². The molecule has 0 aliphatic heterocycles. The fourth-order valence-corrected chi connectivity index (χ4v) is 2.40. The topological polar surface area (TPSA) is 42.2 Å². The summed E-state index contributed by atoms with van der Waals surface area (Å²) in [5.74, 6) is -0.366. The lowest BCUT2D eigenvalue weighted by atomic mass is 9.79. The lowest BCUT2D eigenvalue weighted by Gasteiger charge is -2.33. The quantitative estimate of drug-likeness (QED) is 0.827. The van der Waals surface area contributed by atoms with Gasteiger partial charge in [-0.2, -0.15) is 0 Å². The molecule has 0 spiro atoms. The lowest BCUT2D eigenvalue weighted by molar-refractivity contribution is -0.144. The molecule has 1 heterocycles. The van der Waals surface area contributed by atoms with Gasteiger partial charge >= 0.3 is 5.97 Å². The second-order valence-corrected chi connectivity index (χ2v) is 4.46. The van der Waals surface area contributed by atoms with Gasteiger partial charge in [-0.15, -0.1) is 0 Å². The number of carboxylic acid groups (broad SMARTS) is 1. The van der Waals surface area contributed by atoms with Crippen LogP contribution < -0.4 is 0 Å². The molecule has 82 valence electrons. The Balaban J connectivity index is 2.35. The minimum absolute atomic E-state index is 0.326. The number of carboxylic acids is 1. The van der Waals surface area contributed by atoms with Crippen molar-refractivity contribution >= 4 is 5.97 Å². The Hall–Kier alpha value is -1.25. The van der Waals surface area contributed by atoms with Crippen LogP contribution in [0.2, 0.25) is 0 Å². The highest BCUT2D eigenvalue weighted by Gasteiger charge is 2.34. The van der Waals surface area contributed by atoms with Crippen molar-refractivity contribution in [3.8, 4) is 0 Å². The van der Waals surface area contributed by atoms with E-state index in [-0.39, 0.29) is 6.04 Å². The summed E-state index contributed by atoms with van der Waals surface area (Å²) in [6, 6.07) is 3.63. The molecule has 1 unspecified atom stereocenters. The van der Waals surface area contributed by atoms with E-state index >= 15 is 0 Å². The molecule has 1 aromatic rings. The molecule has 1 saturated carbocycles. The third-order valence-corrected chi connectivity index (χ3v) is 3.45. The van der Waals surface area contributed by atoms with E-state index in [0.29, 0.717) is 5.92 Å². The fourth-order valence-electron chi connectivity index (χ4n) is 2.40. The predicted molar refractivity (Wildman–Crippen MR) is 57.9 cm³/mol. The summed E-state index contributed by atoms with van der Waals surface area (Å²) in [4.78, 5) is 11.3. The monoisotopic (exact) mass is 207 g/mol. The van der Waals surface area contributed by atoms with E-state index in [4.69, 9.17) is 0 Å². The molecular weight excluding hydrogens is 190 g/mol. The summed E-state index contributed by atoms with van der Waals surface area (Å²) in [6.07, 6.45) is 3.27. The van der Waals surface area contributed by atoms with Gasteiger partial charge in [-0.1, -0.05) is 6.42 Å². The molecule has 3 nitrogen and oxygen atoms in total. The predicted octanol–water partition coefficient (Wildman–Crippen LogP) is 2.53. The molecule has 0 aromatic carbocycles. The lowest BCUT2D eigenvalue weighted by Crippen LogP contribution is -2.32. The maximum Gasteiger partial charge on any atom is 0.326 e. The van der Waals surface area contributed by atoms with Crippen molar-refractivity contribution in [2.45, 2.75) is 39.2 Å². The van der Waals surface area contributed by atoms with Crippen LogP contribution in [-0.4, -0.2) is 15.6 Å². The van der Waals surface area contributed by atoms with E-state index in [1.807, 2.05) is 30.5 Å². The molecular formula is C12H17NO2. The van der Waals surface area contributed by atoms with E-state index < -0.39 is 5.97 Å². The standard InChI is InChI=1S/C12H17NO2/c1-8-6-7-9(2)13(8)11(12(14)15)10-4-3-5-10/h6-7,10-11H,3-5H2,1-2H3,(H,14,15). The summed E-state index contributed by atoms with van der Waals surface area (Å²) in [7, 11) is 0. The Labute approximate surface area is 89.7 Å². The molecule has 2 rings (SSSR count). The smallest absolute Gasteiger partial charge is 0.326 e. The van der Waals surface area contributed by atoms with Crippen molar-refractivity contribution in [3.05, 3.63) is 23.5 Å². The average Bonchev–Trinajstić information content (AvgIpc) is 2.39. The Kier molecular flexibility index (Phi) is 2.55. The minimum Gasteiger partial charge on any atom is -0.480 e. The number of aromatic nitrogens is 1. The summed E-state index contributed by atoms with van der Waals surface area (Å²) < 4.78 is 1.96. The summed E-state index contributed by atoms with van der Waals surface area (Å²) >= 11 is 0. The summed E-state index contributed by atoms with van der Waals surface area (Å²) in [5, 5.41) is 9.31. The Morgan fingerprint density at radius 1 is 1.40 bits per heavy atom. The molecule has 0 bridgehead atoms. The molecule has 1 fully saturated rings. The number of carbonyl (C=O) groups is 1. The Morgan fingerprint density at radius 3 is 2.27 bits per heavy atom. The van der Waals surface area contributed by atoms with Gasteiger partial charge in [0.25, 0.3) is 0 Å². The van der Waals surface area contributed by atoms with Crippen LogP contribution >= 0.6 is 0 Å². The first-order chi connectivity index (χ1) is 7.11. The Morgan fingerprint density at radius 2 is 1.93 bits per heavy atom. The maximum absolute atomic E-state index is 11.3. The van der Waals surface area contributed by atoms with Gasteiger partial charge in [0, 0.05) is 11.4 Å². The number of hydrogen-bond donors (Lipinski definition) is 1. The van der Waals surface area contributed by atoms with E-state index in [1.54, 1.807) is 0 Å². The number of hydrogen-bond acceptors (Lipinski definition) is 1. The Bertz CT molecular complexity index is 357. The highest BCUT2D eigenvalue weighted by atomic mass is 16.4. The van der Waals surface area contributed by atoms with Gasteiger partial charge in [0.2, 0.25) is 0 Å². The van der Waals surface area contributed by atoms with Gasteiger partial charge < -0.3 is 9.67 Å². The normalized spacial score (nSPS) is 18.5.